The van der Waals surface area contributed by atoms with Gasteiger partial charge in [-0.15, -0.1) is 4.73 Å². The smallest absolute Gasteiger partial charge is 0.412 e. The first-order valence-corrected chi connectivity index (χ1v) is 13.0. The van der Waals surface area contributed by atoms with E-state index >= 15 is 0 Å². The Kier molecular flexibility index (Phi) is 9.25. The van der Waals surface area contributed by atoms with E-state index in [0.717, 1.165) is 4.73 Å². The van der Waals surface area contributed by atoms with Gasteiger partial charge in [0.2, 0.25) is 5.95 Å². The quantitative estimate of drug-likeness (QED) is 0.207. The molecule has 0 atom stereocenters. The summed E-state index contributed by atoms with van der Waals surface area (Å²) in [4.78, 5) is 41.8. The third kappa shape index (κ3) is 7.49. The molecule has 2 aromatic heterocycles. The number of fused-ring (bicyclic) bond motifs is 1. The van der Waals surface area contributed by atoms with Crippen molar-refractivity contribution in [3.8, 4) is 11.1 Å². The van der Waals surface area contributed by atoms with Gasteiger partial charge < -0.3 is 25.7 Å². The highest BCUT2D eigenvalue weighted by molar-refractivity contribution is 6.33. The first-order valence-electron chi connectivity index (χ1n) is 12.6. The van der Waals surface area contributed by atoms with Crippen LogP contribution in [0.25, 0.3) is 22.2 Å². The van der Waals surface area contributed by atoms with Gasteiger partial charge in [-0.25, -0.2) is 9.78 Å². The van der Waals surface area contributed by atoms with E-state index in [-0.39, 0.29) is 39.5 Å². The molecule has 2 aromatic carbocycles. The summed E-state index contributed by atoms with van der Waals surface area (Å²) in [5.74, 6) is 0.260. The molecule has 0 saturated heterocycles. The molecule has 0 fully saturated rings. The summed E-state index contributed by atoms with van der Waals surface area (Å²) in [5.41, 5.74) is -4.26. The Bertz CT molecular complexity index is 1730. The number of nitrogens with zero attached hydrogens (tertiary/aromatic N) is 4. The molecule has 0 aliphatic carbocycles. The number of nitrogens with one attached hydrogen (secondary N) is 3. The van der Waals surface area contributed by atoms with Gasteiger partial charge in [0.25, 0.3) is 5.56 Å². The number of anilines is 3. The van der Waals surface area contributed by atoms with Gasteiger partial charge in [-0.05, 0) is 56.6 Å². The standard InChI is InChI=1S/C27H24ClF6N7O3/c1-40(2)7-6-35-24-36-13-14-8-20(23(42)41(44-3)22(14)39-24)19-12-17(4-5-21(19)28)37-25(43)38-18-10-15(26(29,30)31)9-16(11-18)27(32,33)34/h4-5,8-13H,6-7H2,1-3H3,(H,35,36,39)(H2,37,38,43). The number of rotatable bonds is 8. The van der Waals surface area contributed by atoms with Gasteiger partial charge in [-0.3, -0.25) is 4.79 Å². The van der Waals surface area contributed by atoms with Gasteiger partial charge in [0, 0.05) is 46.6 Å². The van der Waals surface area contributed by atoms with Gasteiger partial charge in [-0.2, -0.15) is 31.3 Å². The van der Waals surface area contributed by atoms with E-state index < -0.39 is 40.8 Å². The average Bonchev–Trinajstić information content (AvgIpc) is 2.92. The second kappa shape index (κ2) is 12.6. The number of pyridine rings is 1. The van der Waals surface area contributed by atoms with Gasteiger partial charge in [-0.1, -0.05) is 11.6 Å². The zero-order valence-corrected chi connectivity index (χ0v) is 23.9. The highest BCUT2D eigenvalue weighted by atomic mass is 35.5. The number of urea groups is 1. The van der Waals surface area contributed by atoms with E-state index in [4.69, 9.17) is 16.4 Å². The van der Waals surface area contributed by atoms with Crippen molar-refractivity contribution in [2.75, 3.05) is 50.2 Å². The molecule has 0 radical (unpaired) electrons. The van der Waals surface area contributed by atoms with Crippen molar-refractivity contribution < 1.29 is 36.0 Å². The summed E-state index contributed by atoms with van der Waals surface area (Å²) >= 11 is 6.37. The minimum Gasteiger partial charge on any atom is -0.412 e. The normalized spacial score (nSPS) is 12.0. The zero-order chi connectivity index (χ0) is 32.4. The average molecular weight is 644 g/mol. The first kappa shape index (κ1) is 32.3. The maximum Gasteiger partial charge on any atom is 0.416 e. The molecule has 0 aliphatic rings. The van der Waals surface area contributed by atoms with Crippen LogP contribution in [0.5, 0.6) is 0 Å². The molecule has 17 heteroatoms. The first-order chi connectivity index (χ1) is 20.6. The van der Waals surface area contributed by atoms with Crippen LogP contribution in [0.4, 0.5) is 48.5 Å². The zero-order valence-electron chi connectivity index (χ0n) is 23.2. The number of hydrogen-bond donors (Lipinski definition) is 3. The Morgan fingerprint density at radius 3 is 2.18 bits per heavy atom. The Morgan fingerprint density at radius 1 is 0.955 bits per heavy atom. The predicted octanol–water partition coefficient (Wildman–Crippen LogP) is 5.83. The lowest BCUT2D eigenvalue weighted by molar-refractivity contribution is -0.143. The fourth-order valence-electron chi connectivity index (χ4n) is 4.04. The summed E-state index contributed by atoms with van der Waals surface area (Å²) in [6.45, 7) is 1.24. The largest absolute Gasteiger partial charge is 0.416 e. The molecular formula is C27H24ClF6N7O3. The number of alkyl halides is 6. The topological polar surface area (TPSA) is 113 Å². The number of amides is 2. The Balaban J connectivity index is 1.64. The van der Waals surface area contributed by atoms with Crippen molar-refractivity contribution in [3.63, 3.8) is 0 Å². The number of aromatic nitrogens is 3. The molecule has 0 aliphatic heterocycles. The molecule has 2 heterocycles. The predicted molar refractivity (Wildman–Crippen MR) is 153 cm³/mol. The molecule has 234 valence electrons. The fraction of sp³-hybridized carbons (Fsp3) is 0.259. The lowest BCUT2D eigenvalue weighted by Gasteiger charge is -2.16. The maximum atomic E-state index is 13.4. The molecule has 3 N–H and O–H groups in total. The van der Waals surface area contributed by atoms with Crippen LogP contribution in [0.3, 0.4) is 0 Å². The molecule has 0 saturated carbocycles. The van der Waals surface area contributed by atoms with Crippen molar-refractivity contribution in [1.29, 1.82) is 0 Å². The summed E-state index contributed by atoms with van der Waals surface area (Å²) in [5, 5.41) is 7.82. The van der Waals surface area contributed by atoms with Crippen molar-refractivity contribution in [3.05, 3.63) is 75.2 Å². The third-order valence-electron chi connectivity index (χ3n) is 6.09. The van der Waals surface area contributed by atoms with Crippen LogP contribution < -0.4 is 26.3 Å². The molecule has 0 unspecified atom stereocenters. The van der Waals surface area contributed by atoms with E-state index in [1.807, 2.05) is 24.3 Å². The van der Waals surface area contributed by atoms with Gasteiger partial charge in [0.15, 0.2) is 5.65 Å². The van der Waals surface area contributed by atoms with Crippen molar-refractivity contribution >= 4 is 46.0 Å². The van der Waals surface area contributed by atoms with Crippen LogP contribution in [-0.2, 0) is 12.4 Å². The van der Waals surface area contributed by atoms with Crippen molar-refractivity contribution in [1.82, 2.24) is 19.6 Å². The molecule has 0 bridgehead atoms. The molecule has 10 nitrogen and oxygen atoms in total. The molecule has 2 amide bonds. The summed E-state index contributed by atoms with van der Waals surface area (Å²) in [6, 6.07) is 4.96. The second-order valence-corrected chi connectivity index (χ2v) is 10.0. The van der Waals surface area contributed by atoms with E-state index in [1.54, 1.807) is 0 Å². The number of benzene rings is 2. The number of carbonyl (C=O) groups is 1. The van der Waals surface area contributed by atoms with E-state index in [9.17, 15) is 35.9 Å². The summed E-state index contributed by atoms with van der Waals surface area (Å²) in [7, 11) is 5.06. The van der Waals surface area contributed by atoms with Crippen LogP contribution in [0.1, 0.15) is 11.1 Å². The summed E-state index contributed by atoms with van der Waals surface area (Å²) < 4.78 is 80.0. The number of halogens is 7. The molecule has 0 spiro atoms. The van der Waals surface area contributed by atoms with Crippen LogP contribution in [0.2, 0.25) is 5.02 Å². The minimum absolute atomic E-state index is 0.0186. The van der Waals surface area contributed by atoms with Crippen LogP contribution in [-0.4, -0.2) is 59.9 Å². The van der Waals surface area contributed by atoms with E-state index in [1.165, 1.54) is 37.6 Å². The van der Waals surface area contributed by atoms with Gasteiger partial charge in [0.05, 0.1) is 16.7 Å². The minimum atomic E-state index is -5.09. The SMILES string of the molecule is COn1c(=O)c(-c2cc(NC(=O)Nc3cc(C(F)(F)F)cc(C(F)(F)F)c3)ccc2Cl)cc2cnc(NCCN(C)C)nc21. The van der Waals surface area contributed by atoms with E-state index in [2.05, 4.69) is 20.6 Å². The number of carbonyl (C=O) groups excluding carboxylic acids is 1. The van der Waals surface area contributed by atoms with E-state index in [0.29, 0.717) is 30.6 Å². The molecule has 4 aromatic rings. The fourth-order valence-corrected chi connectivity index (χ4v) is 4.26. The van der Waals surface area contributed by atoms with Crippen molar-refractivity contribution in [2.24, 2.45) is 0 Å². The van der Waals surface area contributed by atoms with Gasteiger partial charge in [0.1, 0.15) is 7.11 Å². The van der Waals surface area contributed by atoms with Crippen LogP contribution >= 0.6 is 11.6 Å². The maximum absolute atomic E-state index is 13.4. The van der Waals surface area contributed by atoms with Gasteiger partial charge >= 0.3 is 18.4 Å². The Labute approximate surface area is 250 Å². The highest BCUT2D eigenvalue weighted by Gasteiger charge is 2.37. The van der Waals surface area contributed by atoms with Crippen LogP contribution in [0, 0.1) is 0 Å². The number of hydrogen-bond acceptors (Lipinski definition) is 7. The monoisotopic (exact) mass is 643 g/mol. The highest BCUT2D eigenvalue weighted by Crippen LogP contribution is 2.37. The Morgan fingerprint density at radius 2 is 1.59 bits per heavy atom. The second-order valence-electron chi connectivity index (χ2n) is 9.61. The summed E-state index contributed by atoms with van der Waals surface area (Å²) in [6.07, 6.45) is -8.72. The van der Waals surface area contributed by atoms with Crippen LogP contribution in [0.15, 0.2) is 53.5 Å². The Hall–Kier alpha value is -4.57. The lowest BCUT2D eigenvalue weighted by atomic mass is 10.1. The van der Waals surface area contributed by atoms with Crippen molar-refractivity contribution in [2.45, 2.75) is 12.4 Å². The molecule has 4 rings (SSSR count). The third-order valence-corrected chi connectivity index (χ3v) is 6.42. The molecular weight excluding hydrogens is 620 g/mol. The number of likely N-dealkylation sites (N-methyl/N-ethyl adjacent to an activating group) is 1. The molecule has 44 heavy (non-hydrogen) atoms. The lowest BCUT2D eigenvalue weighted by Crippen LogP contribution is -2.28.